The molecule has 0 aliphatic rings. The first-order valence-corrected chi connectivity index (χ1v) is 6.46. The standard InChI is InChI=1S/C13H13FN4S/c1-3-17-12-11(8(2)16-17)15-13(19)18(12)10-6-4-5-9(14)7-10/h4-7H,3H2,1-2H3,(H,15,19). The molecule has 2 aromatic heterocycles. The molecule has 0 unspecified atom stereocenters. The van der Waals surface area contributed by atoms with Gasteiger partial charge in [-0.05, 0) is 44.3 Å². The van der Waals surface area contributed by atoms with Crippen molar-refractivity contribution in [1.82, 2.24) is 19.3 Å². The first-order chi connectivity index (χ1) is 9.11. The van der Waals surface area contributed by atoms with Crippen LogP contribution in [-0.4, -0.2) is 19.3 Å². The van der Waals surface area contributed by atoms with Gasteiger partial charge in [-0.2, -0.15) is 5.10 Å². The molecule has 0 amide bonds. The molecule has 1 N–H and O–H groups in total. The lowest BCUT2D eigenvalue weighted by atomic mass is 10.3. The molecule has 0 radical (unpaired) electrons. The highest BCUT2D eigenvalue weighted by atomic mass is 32.1. The van der Waals surface area contributed by atoms with Crippen LogP contribution in [0.5, 0.6) is 0 Å². The summed E-state index contributed by atoms with van der Waals surface area (Å²) in [6, 6.07) is 6.38. The summed E-state index contributed by atoms with van der Waals surface area (Å²) in [6.45, 7) is 4.67. The van der Waals surface area contributed by atoms with E-state index in [4.69, 9.17) is 12.2 Å². The van der Waals surface area contributed by atoms with E-state index in [1.807, 2.05) is 29.2 Å². The van der Waals surface area contributed by atoms with E-state index < -0.39 is 0 Å². The second kappa shape index (κ2) is 4.31. The van der Waals surface area contributed by atoms with Crippen molar-refractivity contribution in [1.29, 1.82) is 0 Å². The quantitative estimate of drug-likeness (QED) is 0.729. The molecule has 0 saturated carbocycles. The number of aromatic amines is 1. The van der Waals surface area contributed by atoms with Crippen LogP contribution in [0.1, 0.15) is 12.6 Å². The largest absolute Gasteiger partial charge is 0.327 e. The van der Waals surface area contributed by atoms with Gasteiger partial charge in [0.05, 0.1) is 11.4 Å². The van der Waals surface area contributed by atoms with Gasteiger partial charge >= 0.3 is 0 Å². The van der Waals surface area contributed by atoms with Crippen LogP contribution in [0.25, 0.3) is 16.9 Å². The summed E-state index contributed by atoms with van der Waals surface area (Å²) in [7, 11) is 0. The fraction of sp³-hybridized carbons (Fsp3) is 0.231. The highest BCUT2D eigenvalue weighted by Crippen LogP contribution is 2.22. The Bertz CT molecular complexity index is 812. The number of aryl methyl sites for hydroxylation is 2. The van der Waals surface area contributed by atoms with Crippen molar-refractivity contribution in [3.05, 3.63) is 40.5 Å². The lowest BCUT2D eigenvalue weighted by Crippen LogP contribution is -2.03. The topological polar surface area (TPSA) is 38.5 Å². The van der Waals surface area contributed by atoms with Crippen molar-refractivity contribution >= 4 is 23.4 Å². The van der Waals surface area contributed by atoms with Crippen molar-refractivity contribution in [3.8, 4) is 5.69 Å². The number of hydrogen-bond donors (Lipinski definition) is 1. The second-order valence-corrected chi connectivity index (χ2v) is 4.73. The average molecular weight is 276 g/mol. The minimum Gasteiger partial charge on any atom is -0.327 e. The molecule has 6 heteroatoms. The lowest BCUT2D eigenvalue weighted by Gasteiger charge is -2.06. The van der Waals surface area contributed by atoms with E-state index in [1.54, 1.807) is 6.07 Å². The summed E-state index contributed by atoms with van der Waals surface area (Å²) in [5.74, 6) is -0.284. The van der Waals surface area contributed by atoms with Crippen LogP contribution < -0.4 is 0 Å². The Balaban J connectivity index is 2.40. The Labute approximate surface area is 114 Å². The third-order valence-corrected chi connectivity index (χ3v) is 3.40. The van der Waals surface area contributed by atoms with Crippen LogP contribution in [0.4, 0.5) is 4.39 Å². The molecular weight excluding hydrogens is 263 g/mol. The summed E-state index contributed by atoms with van der Waals surface area (Å²) < 4.78 is 17.6. The predicted molar refractivity (Wildman–Crippen MR) is 74.6 cm³/mol. The zero-order chi connectivity index (χ0) is 13.6. The molecule has 0 spiro atoms. The zero-order valence-electron chi connectivity index (χ0n) is 10.6. The smallest absolute Gasteiger partial charge is 0.184 e. The van der Waals surface area contributed by atoms with Crippen molar-refractivity contribution in [2.24, 2.45) is 0 Å². The molecule has 2 heterocycles. The van der Waals surface area contributed by atoms with Crippen molar-refractivity contribution in [3.63, 3.8) is 0 Å². The van der Waals surface area contributed by atoms with Crippen molar-refractivity contribution in [2.45, 2.75) is 20.4 Å². The maximum atomic E-state index is 13.4. The zero-order valence-corrected chi connectivity index (χ0v) is 11.5. The van der Waals surface area contributed by atoms with Crippen LogP contribution in [0.2, 0.25) is 0 Å². The number of rotatable bonds is 2. The molecule has 0 aliphatic carbocycles. The Morgan fingerprint density at radius 1 is 1.42 bits per heavy atom. The number of nitrogens with one attached hydrogen (secondary N) is 1. The summed E-state index contributed by atoms with van der Waals surface area (Å²) in [4.78, 5) is 3.14. The molecule has 0 bridgehead atoms. The minimum atomic E-state index is -0.284. The number of halogens is 1. The summed E-state index contributed by atoms with van der Waals surface area (Å²) >= 11 is 5.34. The van der Waals surface area contributed by atoms with E-state index in [0.717, 1.165) is 23.4 Å². The number of hydrogen-bond acceptors (Lipinski definition) is 2. The molecule has 0 aliphatic heterocycles. The molecule has 4 nitrogen and oxygen atoms in total. The van der Waals surface area contributed by atoms with Crippen molar-refractivity contribution in [2.75, 3.05) is 0 Å². The molecule has 3 aromatic rings. The van der Waals surface area contributed by atoms with E-state index >= 15 is 0 Å². The predicted octanol–water partition coefficient (Wildman–Crippen LogP) is 3.35. The Morgan fingerprint density at radius 3 is 2.89 bits per heavy atom. The van der Waals surface area contributed by atoms with Gasteiger partial charge < -0.3 is 4.98 Å². The number of fused-ring (bicyclic) bond motifs is 1. The van der Waals surface area contributed by atoms with Gasteiger partial charge in [-0.25, -0.2) is 9.07 Å². The van der Waals surface area contributed by atoms with Gasteiger partial charge in [0.2, 0.25) is 0 Å². The monoisotopic (exact) mass is 276 g/mol. The van der Waals surface area contributed by atoms with Crippen LogP contribution in [0, 0.1) is 17.5 Å². The van der Waals surface area contributed by atoms with Crippen LogP contribution >= 0.6 is 12.2 Å². The van der Waals surface area contributed by atoms with Gasteiger partial charge in [0.15, 0.2) is 10.4 Å². The Kier molecular flexibility index (Phi) is 2.74. The highest BCUT2D eigenvalue weighted by Gasteiger charge is 2.15. The fourth-order valence-electron chi connectivity index (χ4n) is 2.28. The van der Waals surface area contributed by atoms with E-state index in [9.17, 15) is 4.39 Å². The fourth-order valence-corrected chi connectivity index (χ4v) is 2.57. The van der Waals surface area contributed by atoms with Gasteiger partial charge in [0.25, 0.3) is 0 Å². The molecule has 0 saturated heterocycles. The summed E-state index contributed by atoms with van der Waals surface area (Å²) in [5.41, 5.74) is 3.36. The first-order valence-electron chi connectivity index (χ1n) is 6.06. The van der Waals surface area contributed by atoms with E-state index in [2.05, 4.69) is 10.1 Å². The highest BCUT2D eigenvalue weighted by molar-refractivity contribution is 7.71. The van der Waals surface area contributed by atoms with Crippen molar-refractivity contribution < 1.29 is 4.39 Å². The SMILES string of the molecule is CCn1nc(C)c2[nH]c(=S)n(-c3cccc(F)c3)c21. The van der Waals surface area contributed by atoms with Gasteiger partial charge in [-0.15, -0.1) is 0 Å². The molecule has 0 atom stereocenters. The molecule has 98 valence electrons. The minimum absolute atomic E-state index is 0.284. The number of benzene rings is 1. The first kappa shape index (κ1) is 12.1. The Morgan fingerprint density at radius 2 is 2.21 bits per heavy atom. The molecule has 1 aromatic carbocycles. The number of aromatic nitrogens is 4. The van der Waals surface area contributed by atoms with E-state index in [0.29, 0.717) is 10.5 Å². The van der Waals surface area contributed by atoms with Crippen LogP contribution in [-0.2, 0) is 6.54 Å². The van der Waals surface area contributed by atoms with Gasteiger partial charge in [0.1, 0.15) is 11.3 Å². The summed E-state index contributed by atoms with van der Waals surface area (Å²) in [5, 5.41) is 4.44. The maximum absolute atomic E-state index is 13.4. The van der Waals surface area contributed by atoms with Gasteiger partial charge in [0, 0.05) is 6.54 Å². The second-order valence-electron chi connectivity index (χ2n) is 4.35. The normalized spacial score (nSPS) is 11.3. The molecule has 3 rings (SSSR count). The number of H-pyrrole nitrogens is 1. The Hall–Kier alpha value is -1.95. The lowest BCUT2D eigenvalue weighted by molar-refractivity contribution is 0.625. The maximum Gasteiger partial charge on any atom is 0.184 e. The number of nitrogens with zero attached hydrogens (tertiary/aromatic N) is 3. The van der Waals surface area contributed by atoms with E-state index in [-0.39, 0.29) is 5.82 Å². The molecule has 19 heavy (non-hydrogen) atoms. The summed E-state index contributed by atoms with van der Waals surface area (Å²) in [6.07, 6.45) is 0. The van der Waals surface area contributed by atoms with E-state index in [1.165, 1.54) is 12.1 Å². The average Bonchev–Trinajstić information content (AvgIpc) is 2.86. The third kappa shape index (κ3) is 1.79. The molecular formula is C13H13FN4S. The third-order valence-electron chi connectivity index (χ3n) is 3.11. The van der Waals surface area contributed by atoms with Crippen LogP contribution in [0.3, 0.4) is 0 Å². The van der Waals surface area contributed by atoms with Crippen LogP contribution in [0.15, 0.2) is 24.3 Å². The molecule has 0 fully saturated rings. The number of imidazole rings is 1. The van der Waals surface area contributed by atoms with Gasteiger partial charge in [-0.3, -0.25) is 4.57 Å². The van der Waals surface area contributed by atoms with Gasteiger partial charge in [-0.1, -0.05) is 6.07 Å².